The molecule has 0 aliphatic heterocycles. The Morgan fingerprint density at radius 2 is 1.96 bits per heavy atom. The van der Waals surface area contributed by atoms with Gasteiger partial charge >= 0.3 is 6.18 Å². The summed E-state index contributed by atoms with van der Waals surface area (Å²) in [6.07, 6.45) is -3.45. The van der Waals surface area contributed by atoms with Gasteiger partial charge in [-0.15, -0.1) is 0 Å². The molecule has 1 heterocycles. The molecule has 0 bridgehead atoms. The molecule has 8 heteroatoms. The van der Waals surface area contributed by atoms with Gasteiger partial charge < -0.3 is 14.2 Å². The summed E-state index contributed by atoms with van der Waals surface area (Å²) in [4.78, 5) is 3.67. The van der Waals surface area contributed by atoms with Crippen molar-refractivity contribution in [2.24, 2.45) is 0 Å². The zero-order valence-corrected chi connectivity index (χ0v) is 14.2. The summed E-state index contributed by atoms with van der Waals surface area (Å²) in [7, 11) is 1.56. The van der Waals surface area contributed by atoms with Crippen molar-refractivity contribution in [3.63, 3.8) is 0 Å². The van der Waals surface area contributed by atoms with Crippen molar-refractivity contribution in [1.82, 2.24) is 4.98 Å². The second kappa shape index (κ2) is 8.40. The van der Waals surface area contributed by atoms with Crippen LogP contribution in [0.2, 0.25) is 5.02 Å². The van der Waals surface area contributed by atoms with Gasteiger partial charge in [0, 0.05) is 19.4 Å². The van der Waals surface area contributed by atoms with E-state index in [1.807, 2.05) is 0 Å². The smallest absolute Gasteiger partial charge is 0.417 e. The van der Waals surface area contributed by atoms with Gasteiger partial charge in [-0.05, 0) is 31.0 Å². The molecule has 0 unspecified atom stereocenters. The van der Waals surface area contributed by atoms with Gasteiger partial charge in [0.05, 0.1) is 12.2 Å². The fourth-order valence-electron chi connectivity index (χ4n) is 1.93. The number of alkyl halides is 3. The minimum absolute atomic E-state index is 0.126. The van der Waals surface area contributed by atoms with Crippen LogP contribution in [0.25, 0.3) is 0 Å². The molecule has 1 aromatic heterocycles. The lowest BCUT2D eigenvalue weighted by Crippen LogP contribution is -2.06. The molecule has 0 aliphatic rings. The predicted octanol–water partition coefficient (Wildman–Crippen LogP) is 4.95. The van der Waals surface area contributed by atoms with Crippen LogP contribution in [0.3, 0.4) is 0 Å². The van der Waals surface area contributed by atoms with Crippen LogP contribution in [0.15, 0.2) is 30.5 Å². The van der Waals surface area contributed by atoms with Crippen LogP contribution in [0, 0.1) is 6.92 Å². The van der Waals surface area contributed by atoms with E-state index in [1.165, 1.54) is 0 Å². The molecule has 25 heavy (non-hydrogen) atoms. The molecule has 2 rings (SSSR count). The van der Waals surface area contributed by atoms with Crippen LogP contribution < -0.4 is 9.47 Å². The Morgan fingerprint density at radius 3 is 2.56 bits per heavy atom. The van der Waals surface area contributed by atoms with Crippen molar-refractivity contribution < 1.29 is 27.4 Å². The van der Waals surface area contributed by atoms with E-state index in [0.717, 1.165) is 11.6 Å². The number of methoxy groups -OCH3 is 1. The lowest BCUT2D eigenvalue weighted by molar-refractivity contribution is -0.137. The maximum atomic E-state index is 12.7. The first kappa shape index (κ1) is 19.3. The third-order valence-corrected chi connectivity index (χ3v) is 3.48. The van der Waals surface area contributed by atoms with Crippen LogP contribution in [0.5, 0.6) is 17.4 Å². The number of hydrogen-bond donors (Lipinski definition) is 0. The van der Waals surface area contributed by atoms with E-state index in [1.54, 1.807) is 25.3 Å². The number of hydrogen-bond acceptors (Lipinski definition) is 4. The number of aromatic nitrogens is 1. The monoisotopic (exact) mass is 374 g/mol. The van der Waals surface area contributed by atoms with Gasteiger partial charge in [0.2, 0.25) is 5.88 Å². The summed E-state index contributed by atoms with van der Waals surface area (Å²) < 4.78 is 54.0. The van der Waals surface area contributed by atoms with Crippen LogP contribution in [0.1, 0.15) is 11.1 Å². The SMILES string of the molecule is [CH2]Cc1ccc(OCCOC)cc1Oc1ncc(C(F)(F)F)cc1Cl. The molecule has 2 aromatic rings. The Kier molecular flexibility index (Phi) is 6.50. The lowest BCUT2D eigenvalue weighted by Gasteiger charge is -2.14. The molecule has 1 radical (unpaired) electrons. The largest absolute Gasteiger partial charge is 0.491 e. The summed E-state index contributed by atoms with van der Waals surface area (Å²) in [6.45, 7) is 4.55. The summed E-state index contributed by atoms with van der Waals surface area (Å²) >= 11 is 5.87. The molecule has 0 saturated heterocycles. The van der Waals surface area contributed by atoms with E-state index in [2.05, 4.69) is 11.9 Å². The van der Waals surface area contributed by atoms with Crippen LogP contribution in [-0.4, -0.2) is 25.3 Å². The molecular weight excluding hydrogens is 359 g/mol. The molecule has 4 nitrogen and oxygen atoms in total. The maximum Gasteiger partial charge on any atom is 0.417 e. The van der Waals surface area contributed by atoms with E-state index in [9.17, 15) is 13.2 Å². The van der Waals surface area contributed by atoms with Gasteiger partial charge in [0.1, 0.15) is 23.1 Å². The first-order valence-electron chi connectivity index (χ1n) is 7.29. The van der Waals surface area contributed by atoms with Crippen molar-refractivity contribution in [2.75, 3.05) is 20.3 Å². The summed E-state index contributed by atoms with van der Waals surface area (Å²) in [5.74, 6) is 0.754. The van der Waals surface area contributed by atoms with Crippen LogP contribution in [0.4, 0.5) is 13.2 Å². The first-order valence-corrected chi connectivity index (χ1v) is 7.67. The molecular formula is C17H16ClF3NO3. The highest BCUT2D eigenvalue weighted by Crippen LogP contribution is 2.36. The number of pyridine rings is 1. The topological polar surface area (TPSA) is 40.6 Å². The summed E-state index contributed by atoms with van der Waals surface area (Å²) in [6, 6.07) is 5.87. The Hall–Kier alpha value is -1.99. The van der Waals surface area contributed by atoms with E-state index in [4.69, 9.17) is 25.8 Å². The fourth-order valence-corrected chi connectivity index (χ4v) is 2.13. The van der Waals surface area contributed by atoms with E-state index < -0.39 is 11.7 Å². The molecule has 0 atom stereocenters. The molecule has 0 saturated carbocycles. The number of nitrogens with zero attached hydrogens (tertiary/aromatic N) is 1. The number of ether oxygens (including phenoxy) is 3. The third-order valence-electron chi connectivity index (χ3n) is 3.21. The van der Waals surface area contributed by atoms with E-state index in [0.29, 0.717) is 37.3 Å². The minimum Gasteiger partial charge on any atom is -0.491 e. The third kappa shape index (κ3) is 5.24. The molecule has 0 aliphatic carbocycles. The lowest BCUT2D eigenvalue weighted by atomic mass is 10.1. The molecule has 1 aromatic carbocycles. The van der Waals surface area contributed by atoms with Crippen molar-refractivity contribution in [3.8, 4) is 17.4 Å². The number of benzene rings is 1. The average molecular weight is 375 g/mol. The Labute approximate surface area is 148 Å². The van der Waals surface area contributed by atoms with Crippen LogP contribution >= 0.6 is 11.6 Å². The van der Waals surface area contributed by atoms with E-state index in [-0.39, 0.29) is 10.9 Å². The van der Waals surface area contributed by atoms with Crippen molar-refractivity contribution in [2.45, 2.75) is 12.6 Å². The van der Waals surface area contributed by atoms with Crippen LogP contribution in [-0.2, 0) is 17.3 Å². The standard InChI is InChI=1S/C17H16ClF3NO3/c1-3-11-4-5-13(24-7-6-23-2)9-15(11)25-16-14(18)8-12(10-22-16)17(19,20)21/h4-5,8-10H,1,3,6-7H2,2H3. The average Bonchev–Trinajstić information content (AvgIpc) is 2.56. The molecule has 135 valence electrons. The highest BCUT2D eigenvalue weighted by Gasteiger charge is 2.31. The predicted molar refractivity (Wildman–Crippen MR) is 87.2 cm³/mol. The zero-order chi connectivity index (χ0) is 18.4. The van der Waals surface area contributed by atoms with Gasteiger partial charge in [0.15, 0.2) is 0 Å². The Bertz CT molecular complexity index is 723. The molecule has 0 spiro atoms. The van der Waals surface area contributed by atoms with Gasteiger partial charge in [-0.25, -0.2) is 4.98 Å². The normalized spacial score (nSPS) is 11.4. The van der Waals surface area contributed by atoms with Gasteiger partial charge in [-0.3, -0.25) is 0 Å². The summed E-state index contributed by atoms with van der Waals surface area (Å²) in [5, 5.41) is -0.240. The molecule has 0 N–H and O–H groups in total. The summed E-state index contributed by atoms with van der Waals surface area (Å²) in [5.41, 5.74) is -0.212. The van der Waals surface area contributed by atoms with Crippen molar-refractivity contribution in [3.05, 3.63) is 53.5 Å². The van der Waals surface area contributed by atoms with Crippen molar-refractivity contribution in [1.29, 1.82) is 0 Å². The maximum absolute atomic E-state index is 12.7. The molecule has 0 fully saturated rings. The van der Waals surface area contributed by atoms with Gasteiger partial charge in [0.25, 0.3) is 0 Å². The molecule has 0 amide bonds. The Balaban J connectivity index is 2.24. The quantitative estimate of drug-likeness (QED) is 0.643. The van der Waals surface area contributed by atoms with E-state index >= 15 is 0 Å². The number of halogens is 4. The number of rotatable bonds is 7. The van der Waals surface area contributed by atoms with Crippen molar-refractivity contribution >= 4 is 11.6 Å². The highest BCUT2D eigenvalue weighted by atomic mass is 35.5. The second-order valence-electron chi connectivity index (χ2n) is 4.97. The Morgan fingerprint density at radius 1 is 1.20 bits per heavy atom. The van der Waals surface area contributed by atoms with Gasteiger partial charge in [-0.1, -0.05) is 17.7 Å². The van der Waals surface area contributed by atoms with Gasteiger partial charge in [-0.2, -0.15) is 13.2 Å². The minimum atomic E-state index is -4.53. The zero-order valence-electron chi connectivity index (χ0n) is 13.4. The fraction of sp³-hybridized carbons (Fsp3) is 0.294. The second-order valence-corrected chi connectivity index (χ2v) is 5.38. The highest BCUT2D eigenvalue weighted by molar-refractivity contribution is 6.31. The first-order chi connectivity index (χ1) is 11.8.